The number of carbonyl (C=O) groups excluding carboxylic acids is 1. The molecule has 0 saturated carbocycles. The predicted octanol–water partition coefficient (Wildman–Crippen LogP) is 5.94. The van der Waals surface area contributed by atoms with Crippen LogP contribution in [0.1, 0.15) is 53.4 Å². The van der Waals surface area contributed by atoms with Crippen LogP contribution in [0.3, 0.4) is 0 Å². The highest BCUT2D eigenvalue weighted by molar-refractivity contribution is 6.12. The third-order valence-electron chi connectivity index (χ3n) is 6.27. The summed E-state index contributed by atoms with van der Waals surface area (Å²) in [5.41, 5.74) is 12.1. The zero-order valence-corrected chi connectivity index (χ0v) is 20.5. The number of hydrogen-bond acceptors (Lipinski definition) is 4. The summed E-state index contributed by atoms with van der Waals surface area (Å²) in [7, 11) is 4.15. The van der Waals surface area contributed by atoms with Gasteiger partial charge >= 0.3 is 5.97 Å². The van der Waals surface area contributed by atoms with Crippen molar-refractivity contribution in [1.29, 1.82) is 0 Å². The molecule has 2 aliphatic rings. The average molecular weight is 441 g/mol. The van der Waals surface area contributed by atoms with Crippen LogP contribution in [-0.2, 0) is 11.2 Å². The molecule has 2 aromatic rings. The van der Waals surface area contributed by atoms with Crippen molar-refractivity contribution >= 4 is 22.9 Å². The van der Waals surface area contributed by atoms with Gasteiger partial charge in [0.2, 0.25) is 0 Å². The number of allylic oxidation sites excluding steroid dienone is 5. The van der Waals surface area contributed by atoms with E-state index >= 15 is 0 Å². The van der Waals surface area contributed by atoms with E-state index in [0.717, 1.165) is 35.4 Å². The number of aryl methyl sites for hydroxylation is 1. The standard InChI is InChI=1S/C29H32N2O2/c1-7-30-26-16-20-15-21-17-27(31(5)6)19(4)14-25(21)28(24(20)13-18(26)3)22-11-9-10-12-23(22)29(32)33-8-2/h9-14,16-17H,7-8,15H2,1-6H3. The fourth-order valence-electron chi connectivity index (χ4n) is 4.79. The lowest BCUT2D eigenvalue weighted by Crippen LogP contribution is -2.18. The number of aliphatic imine (C=N–C) groups is 1. The van der Waals surface area contributed by atoms with E-state index in [2.05, 4.69) is 64.1 Å². The molecule has 2 aliphatic carbocycles. The van der Waals surface area contributed by atoms with E-state index in [4.69, 9.17) is 9.73 Å². The minimum atomic E-state index is -0.287. The maximum absolute atomic E-state index is 12.9. The molecule has 0 amide bonds. The van der Waals surface area contributed by atoms with Crippen molar-refractivity contribution in [3.63, 3.8) is 0 Å². The van der Waals surface area contributed by atoms with Gasteiger partial charge in [0.05, 0.1) is 17.9 Å². The minimum Gasteiger partial charge on any atom is -0.462 e. The molecule has 170 valence electrons. The van der Waals surface area contributed by atoms with Crippen molar-refractivity contribution in [3.05, 3.63) is 93.1 Å². The third-order valence-corrected chi connectivity index (χ3v) is 6.27. The molecule has 0 saturated heterocycles. The SMILES string of the molecule is CCN=C1C=C2Cc3cc(N(C)C)c(C)cc3C(c3ccccc3C(=O)OCC)=C2C=C1C. The fourth-order valence-corrected chi connectivity index (χ4v) is 4.79. The molecule has 0 aliphatic heterocycles. The van der Waals surface area contributed by atoms with Crippen LogP contribution >= 0.6 is 0 Å². The molecule has 4 rings (SSSR count). The lowest BCUT2D eigenvalue weighted by molar-refractivity contribution is 0.0526. The van der Waals surface area contributed by atoms with Crippen molar-refractivity contribution in [2.75, 3.05) is 32.1 Å². The summed E-state index contributed by atoms with van der Waals surface area (Å²) in [5, 5.41) is 0. The summed E-state index contributed by atoms with van der Waals surface area (Å²) in [5.74, 6) is -0.287. The number of rotatable bonds is 5. The van der Waals surface area contributed by atoms with Gasteiger partial charge in [0.15, 0.2) is 0 Å². The number of nitrogens with zero attached hydrogens (tertiary/aromatic N) is 2. The first-order valence-electron chi connectivity index (χ1n) is 11.6. The van der Waals surface area contributed by atoms with Crippen LogP contribution in [0.15, 0.2) is 70.3 Å². The van der Waals surface area contributed by atoms with Crippen molar-refractivity contribution < 1.29 is 9.53 Å². The highest BCUT2D eigenvalue weighted by atomic mass is 16.5. The number of hydrogen-bond donors (Lipinski definition) is 0. The van der Waals surface area contributed by atoms with E-state index in [1.165, 1.54) is 33.5 Å². The molecule has 0 radical (unpaired) electrons. The van der Waals surface area contributed by atoms with Gasteiger partial charge in [-0.25, -0.2) is 4.79 Å². The monoisotopic (exact) mass is 440 g/mol. The molecule has 0 atom stereocenters. The quantitative estimate of drug-likeness (QED) is 0.540. The first-order chi connectivity index (χ1) is 15.8. The van der Waals surface area contributed by atoms with E-state index in [0.29, 0.717) is 12.2 Å². The van der Waals surface area contributed by atoms with Gasteiger partial charge in [-0.3, -0.25) is 4.99 Å². The molecule has 0 spiro atoms. The second-order valence-corrected chi connectivity index (χ2v) is 8.78. The lowest BCUT2D eigenvalue weighted by Gasteiger charge is -2.30. The Labute approximate surface area is 197 Å². The van der Waals surface area contributed by atoms with Crippen molar-refractivity contribution in [2.45, 2.75) is 34.1 Å². The Kier molecular flexibility index (Phi) is 6.37. The second kappa shape index (κ2) is 9.22. The van der Waals surface area contributed by atoms with Gasteiger partial charge < -0.3 is 9.64 Å². The molecule has 2 aromatic carbocycles. The summed E-state index contributed by atoms with van der Waals surface area (Å²) in [6.07, 6.45) is 5.29. The van der Waals surface area contributed by atoms with E-state index in [1.807, 2.05) is 31.2 Å². The Morgan fingerprint density at radius 1 is 1.06 bits per heavy atom. The van der Waals surface area contributed by atoms with Crippen LogP contribution in [0.4, 0.5) is 5.69 Å². The zero-order chi connectivity index (χ0) is 23.7. The van der Waals surface area contributed by atoms with E-state index in [-0.39, 0.29) is 5.97 Å². The second-order valence-electron chi connectivity index (χ2n) is 8.78. The minimum absolute atomic E-state index is 0.287. The Morgan fingerprint density at radius 3 is 2.52 bits per heavy atom. The molecule has 4 nitrogen and oxygen atoms in total. The number of esters is 1. The summed E-state index contributed by atoms with van der Waals surface area (Å²) in [6, 6.07) is 12.4. The van der Waals surface area contributed by atoms with Crippen LogP contribution in [-0.4, -0.2) is 38.9 Å². The molecule has 33 heavy (non-hydrogen) atoms. The van der Waals surface area contributed by atoms with E-state index in [9.17, 15) is 4.79 Å². The van der Waals surface area contributed by atoms with Gasteiger partial charge in [-0.05, 0) is 109 Å². The number of benzene rings is 2. The smallest absolute Gasteiger partial charge is 0.338 e. The molecule has 0 bridgehead atoms. The Balaban J connectivity index is 2.05. The number of fused-ring (bicyclic) bond motifs is 2. The molecule has 0 heterocycles. The highest BCUT2D eigenvalue weighted by Crippen LogP contribution is 2.44. The maximum Gasteiger partial charge on any atom is 0.338 e. The Bertz CT molecular complexity index is 1240. The van der Waals surface area contributed by atoms with Gasteiger partial charge in [-0.2, -0.15) is 0 Å². The lowest BCUT2D eigenvalue weighted by atomic mass is 9.75. The summed E-state index contributed by atoms with van der Waals surface area (Å²) in [6.45, 7) is 9.26. The first kappa shape index (κ1) is 22.8. The van der Waals surface area contributed by atoms with Crippen LogP contribution in [0.25, 0.3) is 5.57 Å². The molecule has 0 N–H and O–H groups in total. The van der Waals surface area contributed by atoms with Crippen molar-refractivity contribution in [2.24, 2.45) is 4.99 Å². The highest BCUT2D eigenvalue weighted by Gasteiger charge is 2.29. The summed E-state index contributed by atoms with van der Waals surface area (Å²) < 4.78 is 5.41. The normalized spacial score (nSPS) is 16.1. The maximum atomic E-state index is 12.9. The number of ether oxygens (including phenoxy) is 1. The number of anilines is 1. The fraction of sp³-hybridized carbons (Fsp3) is 0.310. The van der Waals surface area contributed by atoms with Crippen LogP contribution in [0.2, 0.25) is 0 Å². The molecule has 4 heteroatoms. The van der Waals surface area contributed by atoms with Crippen molar-refractivity contribution in [1.82, 2.24) is 0 Å². The van der Waals surface area contributed by atoms with Gasteiger partial charge in [-0.15, -0.1) is 0 Å². The average Bonchev–Trinajstić information content (AvgIpc) is 2.78. The topological polar surface area (TPSA) is 41.9 Å². The van der Waals surface area contributed by atoms with E-state index in [1.54, 1.807) is 0 Å². The molecular weight excluding hydrogens is 408 g/mol. The molecular formula is C29H32N2O2. The first-order valence-corrected chi connectivity index (χ1v) is 11.6. The largest absolute Gasteiger partial charge is 0.462 e. The van der Waals surface area contributed by atoms with Gasteiger partial charge in [0.1, 0.15) is 0 Å². The Hall–Kier alpha value is -3.40. The Morgan fingerprint density at radius 2 is 1.82 bits per heavy atom. The zero-order valence-electron chi connectivity index (χ0n) is 20.5. The van der Waals surface area contributed by atoms with Crippen LogP contribution in [0, 0.1) is 6.92 Å². The van der Waals surface area contributed by atoms with Crippen molar-refractivity contribution in [3.8, 4) is 0 Å². The molecule has 0 aromatic heterocycles. The van der Waals surface area contributed by atoms with Crippen LogP contribution < -0.4 is 4.90 Å². The summed E-state index contributed by atoms with van der Waals surface area (Å²) >= 11 is 0. The molecule has 0 fully saturated rings. The number of carbonyl (C=O) groups is 1. The van der Waals surface area contributed by atoms with Gasteiger partial charge in [0.25, 0.3) is 0 Å². The summed E-state index contributed by atoms with van der Waals surface area (Å²) in [4.78, 5) is 19.8. The van der Waals surface area contributed by atoms with Crippen LogP contribution in [0.5, 0.6) is 0 Å². The molecule has 0 unspecified atom stereocenters. The van der Waals surface area contributed by atoms with Gasteiger partial charge in [0, 0.05) is 26.3 Å². The predicted molar refractivity (Wildman–Crippen MR) is 137 cm³/mol. The third kappa shape index (κ3) is 4.18. The van der Waals surface area contributed by atoms with Gasteiger partial charge in [-0.1, -0.05) is 18.2 Å². The van der Waals surface area contributed by atoms with E-state index < -0.39 is 0 Å².